The Bertz CT molecular complexity index is 954. The number of nitrogens with two attached hydrogens (primary N) is 1. The molecule has 3 aromatic rings. The molecule has 8 nitrogen and oxygen atoms in total. The minimum Gasteiger partial charge on any atom is -0.339 e. The highest BCUT2D eigenvalue weighted by molar-refractivity contribution is 5.85. The minimum absolute atomic E-state index is 0. The Morgan fingerprint density at radius 1 is 1.11 bits per heavy atom. The molecule has 1 saturated carbocycles. The topological polar surface area (TPSA) is 109 Å². The third kappa shape index (κ3) is 3.46. The molecular formula is C18H24ClN7O. The Morgan fingerprint density at radius 3 is 2.37 bits per heavy atom. The molecule has 9 heteroatoms. The van der Waals surface area contributed by atoms with E-state index in [0.29, 0.717) is 24.1 Å². The number of rotatable bonds is 4. The third-order valence-electron chi connectivity index (χ3n) is 5.09. The first kappa shape index (κ1) is 19.4. The highest BCUT2D eigenvalue weighted by Gasteiger charge is 2.39. The summed E-state index contributed by atoms with van der Waals surface area (Å²) < 4.78 is 7.22. The van der Waals surface area contributed by atoms with Crippen molar-refractivity contribution in [3.8, 4) is 5.95 Å². The van der Waals surface area contributed by atoms with E-state index >= 15 is 0 Å². The van der Waals surface area contributed by atoms with E-state index in [0.717, 1.165) is 47.6 Å². The summed E-state index contributed by atoms with van der Waals surface area (Å²) in [5, 5.41) is 8.71. The smallest absolute Gasteiger partial charge is 0.251 e. The second kappa shape index (κ2) is 7.01. The van der Waals surface area contributed by atoms with Gasteiger partial charge in [0.1, 0.15) is 0 Å². The van der Waals surface area contributed by atoms with Gasteiger partial charge in [0.2, 0.25) is 5.89 Å². The quantitative estimate of drug-likeness (QED) is 0.730. The molecule has 0 bridgehead atoms. The Balaban J connectivity index is 0.00000210. The van der Waals surface area contributed by atoms with Crippen molar-refractivity contribution in [1.29, 1.82) is 0 Å². The molecule has 2 N–H and O–H groups in total. The van der Waals surface area contributed by atoms with Crippen molar-refractivity contribution in [1.82, 2.24) is 29.9 Å². The van der Waals surface area contributed by atoms with Crippen LogP contribution in [0.5, 0.6) is 0 Å². The van der Waals surface area contributed by atoms with Crippen molar-refractivity contribution >= 4 is 12.4 Å². The number of aromatic nitrogens is 6. The van der Waals surface area contributed by atoms with Crippen LogP contribution in [-0.2, 0) is 12.0 Å². The van der Waals surface area contributed by atoms with Gasteiger partial charge in [-0.2, -0.15) is 10.1 Å². The van der Waals surface area contributed by atoms with Crippen LogP contribution in [0.25, 0.3) is 5.95 Å². The van der Waals surface area contributed by atoms with Crippen LogP contribution in [0.1, 0.15) is 59.3 Å². The number of hydrogen-bond donors (Lipinski definition) is 1. The van der Waals surface area contributed by atoms with Crippen LogP contribution in [0, 0.1) is 27.7 Å². The van der Waals surface area contributed by atoms with E-state index in [2.05, 4.69) is 25.2 Å². The number of hydrogen-bond acceptors (Lipinski definition) is 7. The summed E-state index contributed by atoms with van der Waals surface area (Å²) in [6, 6.07) is 1.94. The molecule has 1 aliphatic carbocycles. The lowest BCUT2D eigenvalue weighted by atomic mass is 9.77. The van der Waals surface area contributed by atoms with Crippen LogP contribution in [0.3, 0.4) is 0 Å². The van der Waals surface area contributed by atoms with Crippen molar-refractivity contribution in [3.05, 3.63) is 46.1 Å². The maximum absolute atomic E-state index is 6.28. The Hall–Kier alpha value is -2.32. The molecule has 144 valence electrons. The molecular weight excluding hydrogens is 366 g/mol. The highest BCUT2D eigenvalue weighted by atomic mass is 35.5. The van der Waals surface area contributed by atoms with Crippen molar-refractivity contribution in [2.45, 2.75) is 58.9 Å². The Labute approximate surface area is 164 Å². The predicted molar refractivity (Wildman–Crippen MR) is 102 cm³/mol. The monoisotopic (exact) mass is 389 g/mol. The number of aryl methyl sites for hydroxylation is 3. The summed E-state index contributed by atoms with van der Waals surface area (Å²) in [6.45, 7) is 7.88. The van der Waals surface area contributed by atoms with Gasteiger partial charge in [-0.1, -0.05) is 5.16 Å². The zero-order valence-corrected chi connectivity index (χ0v) is 16.8. The second-order valence-corrected chi connectivity index (χ2v) is 7.21. The van der Waals surface area contributed by atoms with Gasteiger partial charge in [-0.05, 0) is 53.0 Å². The third-order valence-corrected chi connectivity index (χ3v) is 5.09. The molecule has 0 saturated heterocycles. The van der Waals surface area contributed by atoms with E-state index in [-0.39, 0.29) is 12.4 Å². The van der Waals surface area contributed by atoms with Gasteiger partial charge >= 0.3 is 0 Å². The van der Waals surface area contributed by atoms with Crippen LogP contribution >= 0.6 is 12.4 Å². The number of halogens is 1. The zero-order chi connectivity index (χ0) is 18.5. The van der Waals surface area contributed by atoms with Gasteiger partial charge in [-0.25, -0.2) is 14.6 Å². The normalized spacial score (nSPS) is 15.3. The molecule has 0 radical (unpaired) electrons. The molecule has 1 aliphatic rings. The molecule has 0 spiro atoms. The first-order valence-corrected chi connectivity index (χ1v) is 8.85. The van der Waals surface area contributed by atoms with Gasteiger partial charge < -0.3 is 10.3 Å². The van der Waals surface area contributed by atoms with Gasteiger partial charge in [-0.3, -0.25) is 0 Å². The summed E-state index contributed by atoms with van der Waals surface area (Å²) in [4.78, 5) is 13.5. The van der Waals surface area contributed by atoms with Crippen molar-refractivity contribution in [2.24, 2.45) is 5.73 Å². The summed E-state index contributed by atoms with van der Waals surface area (Å²) in [5.74, 6) is 1.75. The molecule has 0 atom stereocenters. The first-order valence-electron chi connectivity index (χ1n) is 8.85. The molecule has 0 aliphatic heterocycles. The van der Waals surface area contributed by atoms with E-state index in [9.17, 15) is 0 Å². The number of nitrogens with zero attached hydrogens (tertiary/aromatic N) is 6. The molecule has 3 heterocycles. The van der Waals surface area contributed by atoms with Crippen LogP contribution in [0.2, 0.25) is 0 Å². The first-order chi connectivity index (χ1) is 12.4. The van der Waals surface area contributed by atoms with Gasteiger partial charge in [0.15, 0.2) is 5.82 Å². The van der Waals surface area contributed by atoms with Gasteiger partial charge in [0, 0.05) is 22.6 Å². The lowest BCUT2D eigenvalue weighted by Crippen LogP contribution is -2.44. The molecule has 3 aromatic heterocycles. The average Bonchev–Trinajstić information content (AvgIpc) is 3.12. The largest absolute Gasteiger partial charge is 0.339 e. The molecule has 1 fully saturated rings. The molecule has 27 heavy (non-hydrogen) atoms. The lowest BCUT2D eigenvalue weighted by Gasteiger charge is -2.34. The van der Waals surface area contributed by atoms with Crippen molar-refractivity contribution < 1.29 is 4.52 Å². The second-order valence-electron chi connectivity index (χ2n) is 7.21. The van der Waals surface area contributed by atoms with Crippen LogP contribution in [0.15, 0.2) is 10.6 Å². The summed E-state index contributed by atoms with van der Waals surface area (Å²) >= 11 is 0. The van der Waals surface area contributed by atoms with E-state index in [1.165, 1.54) is 0 Å². The standard InChI is InChI=1S/C18H23N7O.ClH/c1-10-8-11(2)21-17(20-10)25-13(4)14(12(3)23-25)9-15-22-16(24-26-15)18(19)6-5-7-18;/h8H,5-7,9,19H2,1-4H3;1H. The fourth-order valence-corrected chi connectivity index (χ4v) is 3.39. The van der Waals surface area contributed by atoms with E-state index in [1.807, 2.05) is 33.8 Å². The SMILES string of the molecule is Cc1cc(C)nc(-n2nc(C)c(Cc3nc(C4(N)CCC4)no3)c2C)n1.Cl. The Kier molecular flexibility index (Phi) is 5.05. The zero-order valence-electron chi connectivity index (χ0n) is 16.0. The van der Waals surface area contributed by atoms with Crippen LogP contribution in [0.4, 0.5) is 0 Å². The van der Waals surface area contributed by atoms with E-state index in [4.69, 9.17) is 10.3 Å². The van der Waals surface area contributed by atoms with E-state index < -0.39 is 5.54 Å². The fourth-order valence-electron chi connectivity index (χ4n) is 3.39. The highest BCUT2D eigenvalue weighted by Crippen LogP contribution is 2.37. The predicted octanol–water partition coefficient (Wildman–Crippen LogP) is 2.63. The molecule has 0 unspecified atom stereocenters. The summed E-state index contributed by atoms with van der Waals surface area (Å²) in [7, 11) is 0. The average molecular weight is 390 g/mol. The van der Waals surface area contributed by atoms with E-state index in [1.54, 1.807) is 4.68 Å². The van der Waals surface area contributed by atoms with Crippen molar-refractivity contribution in [3.63, 3.8) is 0 Å². The van der Waals surface area contributed by atoms with Gasteiger partial charge in [0.25, 0.3) is 5.95 Å². The van der Waals surface area contributed by atoms with Gasteiger partial charge in [0.05, 0.1) is 17.7 Å². The van der Waals surface area contributed by atoms with Gasteiger partial charge in [-0.15, -0.1) is 12.4 Å². The summed E-state index contributed by atoms with van der Waals surface area (Å²) in [5.41, 5.74) is 10.6. The molecule has 4 rings (SSSR count). The maximum atomic E-state index is 6.28. The fraction of sp³-hybridized carbons (Fsp3) is 0.500. The van der Waals surface area contributed by atoms with Crippen LogP contribution < -0.4 is 5.73 Å². The minimum atomic E-state index is -0.414. The molecule has 0 aromatic carbocycles. The molecule has 0 amide bonds. The maximum Gasteiger partial charge on any atom is 0.251 e. The van der Waals surface area contributed by atoms with Crippen molar-refractivity contribution in [2.75, 3.05) is 0 Å². The Morgan fingerprint density at radius 2 is 1.78 bits per heavy atom. The summed E-state index contributed by atoms with van der Waals surface area (Å²) in [6.07, 6.45) is 3.45. The lowest BCUT2D eigenvalue weighted by molar-refractivity contribution is 0.229. The van der Waals surface area contributed by atoms with Crippen LogP contribution in [-0.4, -0.2) is 29.9 Å².